The molecule has 0 N–H and O–H groups in total. The minimum absolute atomic E-state index is 0.585. The van der Waals surface area contributed by atoms with Gasteiger partial charge in [-0.05, 0) is 32.9 Å². The third-order valence-corrected chi connectivity index (χ3v) is 2.68. The summed E-state index contributed by atoms with van der Waals surface area (Å²) in [6.07, 6.45) is 4.13. The summed E-state index contributed by atoms with van der Waals surface area (Å²) < 4.78 is 0. The van der Waals surface area contributed by atoms with E-state index < -0.39 is 0 Å². The molecule has 0 bridgehead atoms. The van der Waals surface area contributed by atoms with Crippen molar-refractivity contribution >= 4 is 11.6 Å². The molecule has 0 unspecified atom stereocenters. The van der Waals surface area contributed by atoms with Crippen molar-refractivity contribution in [3.05, 3.63) is 0 Å². The zero-order valence-corrected chi connectivity index (χ0v) is 7.40. The van der Waals surface area contributed by atoms with Gasteiger partial charge in [0.2, 0.25) is 0 Å². The quantitative estimate of drug-likeness (QED) is 0.561. The second-order valence-corrected chi connectivity index (χ2v) is 3.41. The van der Waals surface area contributed by atoms with Crippen LogP contribution in [0.25, 0.3) is 0 Å². The van der Waals surface area contributed by atoms with Crippen LogP contribution in [0.2, 0.25) is 0 Å². The minimum Gasteiger partial charge on any atom is -0.299 e. The van der Waals surface area contributed by atoms with Gasteiger partial charge in [-0.1, -0.05) is 6.42 Å². The molecule has 1 heterocycles. The standard InChI is InChI=1S/C8H16ClN/c1-8(7-9)10-5-3-2-4-6-10/h8H,2-7H2,1H3/t8-/m0/s1. The zero-order valence-electron chi connectivity index (χ0n) is 6.65. The van der Waals surface area contributed by atoms with Gasteiger partial charge in [-0.25, -0.2) is 0 Å². The molecule has 1 fully saturated rings. The Morgan fingerprint density at radius 1 is 1.30 bits per heavy atom. The maximum Gasteiger partial charge on any atom is 0.0376 e. The summed E-state index contributed by atoms with van der Waals surface area (Å²) in [7, 11) is 0. The van der Waals surface area contributed by atoms with Gasteiger partial charge in [-0.3, -0.25) is 4.90 Å². The average Bonchev–Trinajstić information content (AvgIpc) is 2.05. The van der Waals surface area contributed by atoms with E-state index in [-0.39, 0.29) is 0 Å². The van der Waals surface area contributed by atoms with Gasteiger partial charge in [-0.2, -0.15) is 0 Å². The lowest BCUT2D eigenvalue weighted by Gasteiger charge is -2.30. The third-order valence-electron chi connectivity index (χ3n) is 2.24. The Kier molecular flexibility index (Phi) is 3.50. The molecule has 2 heteroatoms. The number of hydrogen-bond donors (Lipinski definition) is 0. The fourth-order valence-electron chi connectivity index (χ4n) is 1.46. The zero-order chi connectivity index (χ0) is 7.40. The molecule has 0 aromatic rings. The van der Waals surface area contributed by atoms with Crippen LogP contribution in [0.5, 0.6) is 0 Å². The molecule has 1 aliphatic rings. The molecule has 1 rings (SSSR count). The van der Waals surface area contributed by atoms with E-state index in [9.17, 15) is 0 Å². The molecule has 0 aliphatic carbocycles. The lowest BCUT2D eigenvalue weighted by atomic mass is 10.1. The van der Waals surface area contributed by atoms with Crippen LogP contribution in [0.3, 0.4) is 0 Å². The highest BCUT2D eigenvalue weighted by molar-refractivity contribution is 6.18. The van der Waals surface area contributed by atoms with Gasteiger partial charge in [0.05, 0.1) is 0 Å². The van der Waals surface area contributed by atoms with Crippen molar-refractivity contribution < 1.29 is 0 Å². The predicted molar refractivity (Wildman–Crippen MR) is 45.6 cm³/mol. The van der Waals surface area contributed by atoms with Gasteiger partial charge in [-0.15, -0.1) is 11.6 Å². The lowest BCUT2D eigenvalue weighted by molar-refractivity contribution is 0.187. The first-order valence-corrected chi connectivity index (χ1v) is 4.68. The Labute approximate surface area is 68.4 Å². The molecule has 1 atom stereocenters. The molecule has 60 valence electrons. The van der Waals surface area contributed by atoms with Crippen molar-refractivity contribution in [1.82, 2.24) is 4.90 Å². The number of nitrogens with zero attached hydrogens (tertiary/aromatic N) is 1. The predicted octanol–water partition coefficient (Wildman–Crippen LogP) is 2.10. The molecule has 0 amide bonds. The summed E-state index contributed by atoms with van der Waals surface area (Å²) in [4.78, 5) is 2.48. The summed E-state index contributed by atoms with van der Waals surface area (Å²) in [6, 6.07) is 0.585. The summed E-state index contributed by atoms with van der Waals surface area (Å²) in [5, 5.41) is 0. The third kappa shape index (κ3) is 2.14. The van der Waals surface area contributed by atoms with Crippen LogP contribution in [0.1, 0.15) is 26.2 Å². The number of rotatable bonds is 2. The maximum absolute atomic E-state index is 5.74. The van der Waals surface area contributed by atoms with E-state index in [1.165, 1.54) is 32.4 Å². The fourth-order valence-corrected chi connectivity index (χ4v) is 1.65. The second-order valence-electron chi connectivity index (χ2n) is 3.10. The summed E-state index contributed by atoms with van der Waals surface area (Å²) >= 11 is 5.74. The van der Waals surface area contributed by atoms with Gasteiger partial charge >= 0.3 is 0 Å². The highest BCUT2D eigenvalue weighted by atomic mass is 35.5. The molecule has 0 spiro atoms. The Morgan fingerprint density at radius 2 is 1.90 bits per heavy atom. The molecular weight excluding hydrogens is 146 g/mol. The topological polar surface area (TPSA) is 3.24 Å². The van der Waals surface area contributed by atoms with Crippen LogP contribution < -0.4 is 0 Å². The number of halogens is 1. The smallest absolute Gasteiger partial charge is 0.0376 e. The van der Waals surface area contributed by atoms with Crippen molar-refractivity contribution in [1.29, 1.82) is 0 Å². The SMILES string of the molecule is C[C@@H](CCl)N1CCCCC1. The first-order chi connectivity index (χ1) is 4.84. The Hall–Kier alpha value is 0.250. The number of alkyl halides is 1. The number of piperidine rings is 1. The molecule has 0 aromatic carbocycles. The molecule has 1 nitrogen and oxygen atoms in total. The highest BCUT2D eigenvalue weighted by Crippen LogP contribution is 2.12. The van der Waals surface area contributed by atoms with E-state index in [2.05, 4.69) is 11.8 Å². The van der Waals surface area contributed by atoms with Crippen LogP contribution in [-0.4, -0.2) is 29.9 Å². The van der Waals surface area contributed by atoms with E-state index in [4.69, 9.17) is 11.6 Å². The summed E-state index contributed by atoms with van der Waals surface area (Å²) in [6.45, 7) is 4.72. The number of hydrogen-bond acceptors (Lipinski definition) is 1. The minimum atomic E-state index is 0.585. The molecule has 1 saturated heterocycles. The van der Waals surface area contributed by atoms with Crippen LogP contribution in [0.15, 0.2) is 0 Å². The van der Waals surface area contributed by atoms with Crippen LogP contribution >= 0.6 is 11.6 Å². The summed E-state index contributed by atoms with van der Waals surface area (Å²) in [5.74, 6) is 0.778. The van der Waals surface area contributed by atoms with Gasteiger partial charge in [0.25, 0.3) is 0 Å². The highest BCUT2D eigenvalue weighted by Gasteiger charge is 2.14. The van der Waals surface area contributed by atoms with E-state index >= 15 is 0 Å². The Bertz CT molecular complexity index is 89.3. The molecule has 0 aromatic heterocycles. The van der Waals surface area contributed by atoms with E-state index in [0.717, 1.165) is 5.88 Å². The lowest BCUT2D eigenvalue weighted by Crippen LogP contribution is -2.38. The van der Waals surface area contributed by atoms with Crippen molar-refractivity contribution in [2.45, 2.75) is 32.2 Å². The average molecular weight is 162 g/mol. The van der Waals surface area contributed by atoms with Crippen molar-refractivity contribution in [2.24, 2.45) is 0 Å². The molecule has 1 aliphatic heterocycles. The molecular formula is C8H16ClN. The largest absolute Gasteiger partial charge is 0.299 e. The van der Waals surface area contributed by atoms with Gasteiger partial charge in [0.15, 0.2) is 0 Å². The fraction of sp³-hybridized carbons (Fsp3) is 1.00. The van der Waals surface area contributed by atoms with Crippen LogP contribution in [0.4, 0.5) is 0 Å². The molecule has 0 radical (unpaired) electrons. The van der Waals surface area contributed by atoms with Crippen LogP contribution in [0, 0.1) is 0 Å². The Balaban J connectivity index is 2.24. The maximum atomic E-state index is 5.74. The van der Waals surface area contributed by atoms with Gasteiger partial charge < -0.3 is 0 Å². The summed E-state index contributed by atoms with van der Waals surface area (Å²) in [5.41, 5.74) is 0. The van der Waals surface area contributed by atoms with E-state index in [0.29, 0.717) is 6.04 Å². The Morgan fingerprint density at radius 3 is 2.40 bits per heavy atom. The number of likely N-dealkylation sites (tertiary alicyclic amines) is 1. The molecule has 10 heavy (non-hydrogen) atoms. The normalized spacial score (nSPS) is 24.6. The van der Waals surface area contributed by atoms with Crippen molar-refractivity contribution in [3.8, 4) is 0 Å². The van der Waals surface area contributed by atoms with Crippen molar-refractivity contribution in [3.63, 3.8) is 0 Å². The second kappa shape index (κ2) is 4.20. The van der Waals surface area contributed by atoms with Gasteiger partial charge in [0, 0.05) is 11.9 Å². The first-order valence-electron chi connectivity index (χ1n) is 4.14. The van der Waals surface area contributed by atoms with Crippen molar-refractivity contribution in [2.75, 3.05) is 19.0 Å². The molecule has 0 saturated carbocycles. The monoisotopic (exact) mass is 161 g/mol. The van der Waals surface area contributed by atoms with Gasteiger partial charge in [0.1, 0.15) is 0 Å². The van der Waals surface area contributed by atoms with E-state index in [1.807, 2.05) is 0 Å². The van der Waals surface area contributed by atoms with E-state index in [1.54, 1.807) is 0 Å². The van der Waals surface area contributed by atoms with Crippen LogP contribution in [-0.2, 0) is 0 Å². The first kappa shape index (κ1) is 8.35.